The highest BCUT2D eigenvalue weighted by molar-refractivity contribution is 6.33. The largest absolute Gasteiger partial charge is 0.396 e. The van der Waals surface area contributed by atoms with Gasteiger partial charge in [-0.3, -0.25) is 0 Å². The second-order valence-electron chi connectivity index (χ2n) is 8.44. The molecule has 2 fully saturated rings. The van der Waals surface area contributed by atoms with Crippen LogP contribution in [-0.4, -0.2) is 55.5 Å². The number of halogens is 2. The molecule has 0 aliphatic carbocycles. The molecule has 0 amide bonds. The van der Waals surface area contributed by atoms with Crippen LogP contribution >= 0.6 is 23.2 Å². The van der Waals surface area contributed by atoms with Gasteiger partial charge in [-0.15, -0.1) is 0 Å². The fourth-order valence-corrected chi connectivity index (χ4v) is 4.99. The number of hydrogen-bond donors (Lipinski definition) is 2. The quantitative estimate of drug-likeness (QED) is 0.540. The Kier molecular flexibility index (Phi) is 5.66. The van der Waals surface area contributed by atoms with Crippen molar-refractivity contribution in [3.05, 3.63) is 58.1 Å². The first kappa shape index (κ1) is 22.0. The minimum Gasteiger partial charge on any atom is -0.396 e. The van der Waals surface area contributed by atoms with Gasteiger partial charge in [-0.25, -0.2) is 9.97 Å². The Morgan fingerprint density at radius 1 is 1.16 bits per heavy atom. The fourth-order valence-electron chi connectivity index (χ4n) is 4.61. The lowest BCUT2D eigenvalue weighted by Crippen LogP contribution is -2.34. The van der Waals surface area contributed by atoms with E-state index in [1.54, 1.807) is 18.2 Å². The molecular formula is C22H23Cl2N3O5. The minimum atomic E-state index is -1.02. The number of aromatic nitrogens is 3. The minimum absolute atomic E-state index is 0.0667. The zero-order valence-corrected chi connectivity index (χ0v) is 19.0. The molecule has 2 aliphatic heterocycles. The lowest BCUT2D eigenvalue weighted by molar-refractivity contribution is -0.207. The van der Waals surface area contributed by atoms with Gasteiger partial charge in [-0.1, -0.05) is 29.3 Å². The molecule has 170 valence electrons. The molecule has 4 heterocycles. The standard InChI is InChI=1S/C22H23Cl2N3O5/c1-22(2)31-17-16(15(29)13-4-3-12(23)9-11(13)6-8-28)30-21(18(17)32-22)27-7-5-14-19(24)25-10-26-20(14)27/h3-5,7,9-10,15-18,21,28-29H,6,8H2,1-2H3/t15-,16-,17-,18-,21?/m1/s1. The van der Waals surface area contributed by atoms with Crippen molar-refractivity contribution < 1.29 is 24.4 Å². The lowest BCUT2D eigenvalue weighted by Gasteiger charge is -2.28. The van der Waals surface area contributed by atoms with Crippen LogP contribution in [0.25, 0.3) is 11.0 Å². The molecule has 2 aromatic heterocycles. The molecule has 2 saturated heterocycles. The van der Waals surface area contributed by atoms with E-state index in [-0.39, 0.29) is 6.61 Å². The Labute approximate surface area is 194 Å². The van der Waals surface area contributed by atoms with Gasteiger partial charge in [0.1, 0.15) is 41.5 Å². The highest BCUT2D eigenvalue weighted by Crippen LogP contribution is 2.47. The van der Waals surface area contributed by atoms with E-state index in [2.05, 4.69) is 9.97 Å². The fraction of sp³-hybridized carbons (Fsp3) is 0.455. The maximum absolute atomic E-state index is 11.4. The van der Waals surface area contributed by atoms with Crippen LogP contribution in [-0.2, 0) is 20.6 Å². The van der Waals surface area contributed by atoms with E-state index in [0.717, 1.165) is 5.56 Å². The summed E-state index contributed by atoms with van der Waals surface area (Å²) >= 11 is 12.4. The number of fused-ring (bicyclic) bond motifs is 2. The van der Waals surface area contributed by atoms with Crippen LogP contribution in [0.1, 0.15) is 37.3 Å². The maximum atomic E-state index is 11.4. The summed E-state index contributed by atoms with van der Waals surface area (Å²) in [7, 11) is 0. The molecule has 0 bridgehead atoms. The van der Waals surface area contributed by atoms with Crippen LogP contribution in [0.15, 0.2) is 36.8 Å². The molecule has 2 N–H and O–H groups in total. The van der Waals surface area contributed by atoms with Gasteiger partial charge in [0.2, 0.25) is 0 Å². The maximum Gasteiger partial charge on any atom is 0.164 e. The van der Waals surface area contributed by atoms with Gasteiger partial charge in [0.25, 0.3) is 0 Å². The van der Waals surface area contributed by atoms with E-state index in [9.17, 15) is 10.2 Å². The first-order valence-corrected chi connectivity index (χ1v) is 11.1. The van der Waals surface area contributed by atoms with Gasteiger partial charge in [0.15, 0.2) is 12.0 Å². The van der Waals surface area contributed by atoms with Crippen LogP contribution in [0.2, 0.25) is 10.2 Å². The van der Waals surface area contributed by atoms with Gasteiger partial charge >= 0.3 is 0 Å². The Morgan fingerprint density at radius 3 is 2.72 bits per heavy atom. The van der Waals surface area contributed by atoms with Gasteiger partial charge in [-0.2, -0.15) is 0 Å². The summed E-state index contributed by atoms with van der Waals surface area (Å²) in [5, 5.41) is 22.4. The van der Waals surface area contributed by atoms with Gasteiger partial charge in [0.05, 0.1) is 5.39 Å². The summed E-state index contributed by atoms with van der Waals surface area (Å²) in [6.45, 7) is 3.60. The van der Waals surface area contributed by atoms with E-state index < -0.39 is 36.4 Å². The highest BCUT2D eigenvalue weighted by Gasteiger charge is 2.58. The summed E-state index contributed by atoms with van der Waals surface area (Å²) < 4.78 is 20.5. The summed E-state index contributed by atoms with van der Waals surface area (Å²) in [6.07, 6.45) is 0.209. The Morgan fingerprint density at radius 2 is 1.94 bits per heavy atom. The molecule has 0 spiro atoms. The third kappa shape index (κ3) is 3.70. The van der Waals surface area contributed by atoms with Crippen molar-refractivity contribution in [2.75, 3.05) is 6.61 Å². The van der Waals surface area contributed by atoms with Crippen molar-refractivity contribution in [2.45, 2.75) is 56.7 Å². The van der Waals surface area contributed by atoms with Gasteiger partial charge in [0, 0.05) is 17.8 Å². The molecule has 32 heavy (non-hydrogen) atoms. The van der Waals surface area contributed by atoms with Gasteiger partial charge in [-0.05, 0) is 49.6 Å². The van der Waals surface area contributed by atoms with Crippen LogP contribution < -0.4 is 0 Å². The van der Waals surface area contributed by atoms with Crippen LogP contribution in [0, 0.1) is 0 Å². The number of aliphatic hydroxyl groups excluding tert-OH is 2. The lowest BCUT2D eigenvalue weighted by atomic mass is 9.94. The molecule has 1 unspecified atom stereocenters. The van der Waals surface area contributed by atoms with E-state index >= 15 is 0 Å². The van der Waals surface area contributed by atoms with Crippen molar-refractivity contribution in [3.63, 3.8) is 0 Å². The first-order chi connectivity index (χ1) is 15.3. The predicted octanol–water partition coefficient (Wildman–Crippen LogP) is 3.42. The highest BCUT2D eigenvalue weighted by atomic mass is 35.5. The van der Waals surface area contributed by atoms with Crippen LogP contribution in [0.4, 0.5) is 0 Å². The van der Waals surface area contributed by atoms with Crippen molar-refractivity contribution in [1.82, 2.24) is 14.5 Å². The van der Waals surface area contributed by atoms with E-state index in [1.807, 2.05) is 30.7 Å². The van der Waals surface area contributed by atoms with Crippen LogP contribution in [0.3, 0.4) is 0 Å². The Bertz CT molecular complexity index is 1150. The second kappa shape index (κ2) is 8.22. The van der Waals surface area contributed by atoms with E-state index in [1.165, 1.54) is 6.33 Å². The summed E-state index contributed by atoms with van der Waals surface area (Å²) in [5.41, 5.74) is 1.98. The Hall–Kier alpha value is -1.78. The molecule has 10 heteroatoms. The van der Waals surface area contributed by atoms with Crippen molar-refractivity contribution in [1.29, 1.82) is 0 Å². The molecular weight excluding hydrogens is 457 g/mol. The van der Waals surface area contributed by atoms with E-state index in [4.69, 9.17) is 37.4 Å². The zero-order chi connectivity index (χ0) is 22.6. The molecule has 8 nitrogen and oxygen atoms in total. The topological polar surface area (TPSA) is 98.9 Å². The molecule has 5 rings (SSSR count). The van der Waals surface area contributed by atoms with Crippen molar-refractivity contribution in [2.24, 2.45) is 0 Å². The summed E-state index contributed by atoms with van der Waals surface area (Å²) in [6, 6.07) is 7.02. The number of rotatable bonds is 5. The molecule has 5 atom stereocenters. The number of nitrogens with zero attached hydrogens (tertiary/aromatic N) is 3. The van der Waals surface area contributed by atoms with Gasteiger partial charge < -0.3 is 29.0 Å². The number of benzene rings is 1. The third-order valence-corrected chi connectivity index (χ3v) is 6.45. The molecule has 0 radical (unpaired) electrons. The van der Waals surface area contributed by atoms with Crippen molar-refractivity contribution >= 4 is 34.2 Å². The average molecular weight is 480 g/mol. The monoisotopic (exact) mass is 479 g/mol. The normalized spacial score (nSPS) is 27.7. The molecule has 0 saturated carbocycles. The molecule has 3 aromatic rings. The number of ether oxygens (including phenoxy) is 3. The third-order valence-electron chi connectivity index (χ3n) is 5.92. The zero-order valence-electron chi connectivity index (χ0n) is 17.5. The second-order valence-corrected chi connectivity index (χ2v) is 9.24. The summed E-state index contributed by atoms with van der Waals surface area (Å²) in [5.74, 6) is -0.848. The predicted molar refractivity (Wildman–Crippen MR) is 117 cm³/mol. The Balaban J connectivity index is 1.54. The number of hydrogen-bond acceptors (Lipinski definition) is 7. The average Bonchev–Trinajstić information content (AvgIpc) is 3.39. The molecule has 1 aromatic carbocycles. The summed E-state index contributed by atoms with van der Waals surface area (Å²) in [4.78, 5) is 8.39. The number of aliphatic hydroxyl groups is 2. The van der Waals surface area contributed by atoms with Crippen LogP contribution in [0.5, 0.6) is 0 Å². The van der Waals surface area contributed by atoms with Crippen molar-refractivity contribution in [3.8, 4) is 0 Å². The smallest absolute Gasteiger partial charge is 0.164 e. The first-order valence-electron chi connectivity index (χ1n) is 10.3. The molecule has 2 aliphatic rings. The SMILES string of the molecule is CC1(C)O[C@@H]2[C@@H]([C@H](O)c3ccc(Cl)cc3CCO)OC(n3ccc4c(Cl)ncnc43)[C@@H]2O1. The van der Waals surface area contributed by atoms with E-state index in [0.29, 0.717) is 33.2 Å².